The molecule has 0 amide bonds. The van der Waals surface area contributed by atoms with Crippen molar-refractivity contribution in [2.45, 2.75) is 27.0 Å². The van der Waals surface area contributed by atoms with E-state index < -0.39 is 0 Å². The summed E-state index contributed by atoms with van der Waals surface area (Å²) in [6.45, 7) is 10.3. The van der Waals surface area contributed by atoms with Crippen LogP contribution in [0.25, 0.3) is 0 Å². The molecule has 0 aromatic rings. The van der Waals surface area contributed by atoms with Crippen LogP contribution >= 0.6 is 0 Å². The molecule has 0 radical (unpaired) electrons. The second-order valence-corrected chi connectivity index (χ2v) is 5.73. The quantitative estimate of drug-likeness (QED) is 0.402. The van der Waals surface area contributed by atoms with Gasteiger partial charge in [-0.25, -0.2) is 4.79 Å². The van der Waals surface area contributed by atoms with E-state index in [1.54, 1.807) is 6.92 Å². The summed E-state index contributed by atoms with van der Waals surface area (Å²) in [6.07, 6.45) is -0.269. The lowest BCUT2D eigenvalue weighted by Gasteiger charge is -2.39. The summed E-state index contributed by atoms with van der Waals surface area (Å²) in [5.41, 5.74) is 0.274. The zero-order chi connectivity index (χ0) is 13.8. The molecule has 0 spiro atoms. The Balaban J connectivity index is 4.84. The highest BCUT2D eigenvalue weighted by Crippen LogP contribution is 2.26. The van der Waals surface area contributed by atoms with Crippen molar-refractivity contribution < 1.29 is 9.53 Å². The molecule has 0 aromatic heterocycles. The number of ether oxygens (including phenoxy) is 1. The van der Waals surface area contributed by atoms with E-state index in [-0.39, 0.29) is 17.6 Å². The van der Waals surface area contributed by atoms with E-state index in [9.17, 15) is 4.79 Å². The summed E-state index contributed by atoms with van der Waals surface area (Å²) >= 11 is 0. The fraction of sp³-hybridized carbons (Fsp3) is 0.769. The van der Waals surface area contributed by atoms with Crippen molar-refractivity contribution in [2.24, 2.45) is 5.41 Å². The Morgan fingerprint density at radius 2 is 1.76 bits per heavy atom. The smallest absolute Gasteiger partial charge is 0.334 e. The van der Waals surface area contributed by atoms with Gasteiger partial charge in [0, 0.05) is 17.5 Å². The fourth-order valence-corrected chi connectivity index (χ4v) is 2.06. The minimum atomic E-state index is -0.337. The van der Waals surface area contributed by atoms with Gasteiger partial charge in [-0.15, -0.1) is 0 Å². The van der Waals surface area contributed by atoms with Gasteiger partial charge in [-0.1, -0.05) is 20.4 Å². The first kappa shape index (κ1) is 16.1. The van der Waals surface area contributed by atoms with Crippen molar-refractivity contribution in [3.05, 3.63) is 12.2 Å². The monoisotopic (exact) mass is 242 g/mol. The lowest BCUT2D eigenvalue weighted by atomic mass is 9.89. The molecule has 1 unspecified atom stereocenters. The van der Waals surface area contributed by atoms with Crippen LogP contribution in [0.5, 0.6) is 0 Å². The molecule has 0 aliphatic carbocycles. The topological polar surface area (TPSA) is 32.8 Å². The summed E-state index contributed by atoms with van der Waals surface area (Å²) in [4.78, 5) is 15.6. The van der Waals surface area contributed by atoms with Crippen LogP contribution in [0.1, 0.15) is 20.8 Å². The largest absolute Gasteiger partial charge is 0.442 e. The van der Waals surface area contributed by atoms with Gasteiger partial charge in [0.1, 0.15) is 0 Å². The Morgan fingerprint density at radius 1 is 1.29 bits per heavy atom. The number of nitrogens with zero attached hydrogens (tertiary/aromatic N) is 2. The standard InChI is InChI=1S/C13H26N2O2/c1-10(2)11(16)17-12(15(7)8)13(3,4)9-14(5)6/h12H,1,9H2,2-8H3. The van der Waals surface area contributed by atoms with E-state index in [2.05, 4.69) is 25.3 Å². The molecule has 0 aliphatic heterocycles. The van der Waals surface area contributed by atoms with Gasteiger partial charge < -0.3 is 9.64 Å². The van der Waals surface area contributed by atoms with Crippen molar-refractivity contribution in [2.75, 3.05) is 34.7 Å². The van der Waals surface area contributed by atoms with E-state index >= 15 is 0 Å². The van der Waals surface area contributed by atoms with Crippen LogP contribution in [0.3, 0.4) is 0 Å². The van der Waals surface area contributed by atoms with Crippen LogP contribution in [0.2, 0.25) is 0 Å². The van der Waals surface area contributed by atoms with Gasteiger partial charge in [0.15, 0.2) is 6.23 Å². The average molecular weight is 242 g/mol. The van der Waals surface area contributed by atoms with Crippen LogP contribution in [0, 0.1) is 5.41 Å². The Bertz CT molecular complexity index is 283. The Morgan fingerprint density at radius 3 is 2.06 bits per heavy atom. The highest BCUT2D eigenvalue weighted by molar-refractivity contribution is 5.87. The molecular formula is C13H26N2O2. The van der Waals surface area contributed by atoms with E-state index in [0.717, 1.165) is 6.54 Å². The molecule has 100 valence electrons. The maximum Gasteiger partial charge on any atom is 0.334 e. The van der Waals surface area contributed by atoms with Gasteiger partial charge in [-0.2, -0.15) is 0 Å². The predicted octanol–water partition coefficient (Wildman–Crippen LogP) is 1.58. The van der Waals surface area contributed by atoms with Gasteiger partial charge in [-0.3, -0.25) is 4.90 Å². The highest BCUT2D eigenvalue weighted by atomic mass is 16.6. The third kappa shape index (κ3) is 5.33. The average Bonchev–Trinajstić information content (AvgIpc) is 2.10. The maximum atomic E-state index is 11.6. The summed E-state index contributed by atoms with van der Waals surface area (Å²) in [7, 11) is 7.84. The molecule has 0 aliphatic rings. The second kappa shape index (κ2) is 6.17. The predicted molar refractivity (Wildman–Crippen MR) is 70.7 cm³/mol. The van der Waals surface area contributed by atoms with Gasteiger partial charge in [-0.05, 0) is 35.1 Å². The lowest BCUT2D eigenvalue weighted by molar-refractivity contribution is -0.165. The molecule has 0 N–H and O–H groups in total. The van der Waals surface area contributed by atoms with Crippen LogP contribution in [-0.2, 0) is 9.53 Å². The normalized spacial score (nSPS) is 13.9. The van der Waals surface area contributed by atoms with Crippen molar-refractivity contribution >= 4 is 5.97 Å². The van der Waals surface area contributed by atoms with E-state index in [1.165, 1.54) is 0 Å². The van der Waals surface area contributed by atoms with Crippen LogP contribution in [0.4, 0.5) is 0 Å². The molecule has 0 saturated carbocycles. The number of esters is 1. The number of rotatable bonds is 6. The Kier molecular flexibility index (Phi) is 5.85. The molecule has 1 atom stereocenters. The maximum absolute atomic E-state index is 11.6. The fourth-order valence-electron chi connectivity index (χ4n) is 2.06. The van der Waals surface area contributed by atoms with E-state index in [4.69, 9.17) is 4.74 Å². The summed E-state index contributed by atoms with van der Waals surface area (Å²) in [5, 5.41) is 0. The number of carbonyl (C=O) groups is 1. The summed E-state index contributed by atoms with van der Waals surface area (Å²) in [5.74, 6) is -0.337. The first-order valence-corrected chi connectivity index (χ1v) is 5.75. The van der Waals surface area contributed by atoms with Gasteiger partial charge in [0.2, 0.25) is 0 Å². The summed E-state index contributed by atoms with van der Waals surface area (Å²) < 4.78 is 5.50. The molecule has 0 aromatic carbocycles. The van der Waals surface area contributed by atoms with E-state index in [0.29, 0.717) is 5.57 Å². The van der Waals surface area contributed by atoms with Crippen LogP contribution in [-0.4, -0.2) is 56.7 Å². The van der Waals surface area contributed by atoms with E-state index in [1.807, 2.05) is 33.1 Å². The second-order valence-electron chi connectivity index (χ2n) is 5.73. The molecule has 0 fully saturated rings. The van der Waals surface area contributed by atoms with Crippen LogP contribution < -0.4 is 0 Å². The van der Waals surface area contributed by atoms with Crippen molar-refractivity contribution in [1.82, 2.24) is 9.80 Å². The SMILES string of the molecule is C=C(C)C(=O)OC(N(C)C)C(C)(C)CN(C)C. The van der Waals surface area contributed by atoms with Gasteiger partial charge >= 0.3 is 5.97 Å². The molecule has 4 heteroatoms. The first-order valence-electron chi connectivity index (χ1n) is 5.75. The van der Waals surface area contributed by atoms with Crippen molar-refractivity contribution in [1.29, 1.82) is 0 Å². The minimum absolute atomic E-state index is 0.155. The lowest BCUT2D eigenvalue weighted by Crippen LogP contribution is -2.49. The molecule has 17 heavy (non-hydrogen) atoms. The Labute approximate surface area is 105 Å². The molecule has 0 saturated heterocycles. The molecule has 0 rings (SSSR count). The zero-order valence-corrected chi connectivity index (χ0v) is 12.2. The first-order chi connectivity index (χ1) is 7.58. The van der Waals surface area contributed by atoms with Crippen LogP contribution in [0.15, 0.2) is 12.2 Å². The zero-order valence-electron chi connectivity index (χ0n) is 12.2. The molecule has 0 bridgehead atoms. The Hall–Kier alpha value is -0.870. The number of hydrogen-bond acceptors (Lipinski definition) is 4. The highest BCUT2D eigenvalue weighted by Gasteiger charge is 2.35. The van der Waals surface area contributed by atoms with Crippen molar-refractivity contribution in [3.63, 3.8) is 0 Å². The molecule has 0 heterocycles. The number of carbonyl (C=O) groups excluding carboxylic acids is 1. The molecular weight excluding hydrogens is 216 g/mol. The third-order valence-corrected chi connectivity index (χ3v) is 2.43. The third-order valence-electron chi connectivity index (χ3n) is 2.43. The summed E-state index contributed by atoms with van der Waals surface area (Å²) in [6, 6.07) is 0. The van der Waals surface area contributed by atoms with Gasteiger partial charge in [0.25, 0.3) is 0 Å². The minimum Gasteiger partial charge on any atom is -0.442 e. The molecule has 4 nitrogen and oxygen atoms in total. The number of hydrogen-bond donors (Lipinski definition) is 0. The van der Waals surface area contributed by atoms with Crippen molar-refractivity contribution in [3.8, 4) is 0 Å². The van der Waals surface area contributed by atoms with Gasteiger partial charge in [0.05, 0.1) is 0 Å².